The van der Waals surface area contributed by atoms with Crippen molar-refractivity contribution in [2.45, 2.75) is 52.7 Å². The molecule has 2 aromatic heterocycles. The number of carbonyl (C=O) groups is 2. The Balaban J connectivity index is 2.21. The van der Waals surface area contributed by atoms with Gasteiger partial charge in [0.2, 0.25) is 0 Å². The third kappa shape index (κ3) is 4.66. The molecule has 154 valence electrons. The van der Waals surface area contributed by atoms with Crippen LogP contribution >= 0.6 is 22.6 Å². The fourth-order valence-corrected chi connectivity index (χ4v) is 3.73. The molecule has 0 atom stereocenters. The van der Waals surface area contributed by atoms with Crippen molar-refractivity contribution in [2.75, 3.05) is 0 Å². The third-order valence-electron chi connectivity index (χ3n) is 4.14. The van der Waals surface area contributed by atoms with Gasteiger partial charge in [0, 0.05) is 32.5 Å². The van der Waals surface area contributed by atoms with Gasteiger partial charge >= 0.3 is 6.09 Å². The Kier molecular flexibility index (Phi) is 5.55. The molecule has 0 aliphatic rings. The average molecular weight is 507 g/mol. The van der Waals surface area contributed by atoms with E-state index in [1.807, 2.05) is 65.9 Å². The summed E-state index contributed by atoms with van der Waals surface area (Å²) in [5.41, 5.74) is 1.81. The Hall–Kier alpha value is -2.29. The predicted molar refractivity (Wildman–Crippen MR) is 123 cm³/mol. The zero-order chi connectivity index (χ0) is 21.6. The molecule has 6 nitrogen and oxygen atoms in total. The summed E-state index contributed by atoms with van der Waals surface area (Å²) < 4.78 is 7.96. The highest BCUT2D eigenvalue weighted by molar-refractivity contribution is 14.1. The summed E-state index contributed by atoms with van der Waals surface area (Å²) in [6.45, 7) is 11.3. The van der Waals surface area contributed by atoms with Crippen LogP contribution in [0, 0.1) is 3.57 Å². The maximum Gasteiger partial charge on any atom is 0.418 e. The van der Waals surface area contributed by atoms with Gasteiger partial charge in [-0.25, -0.2) is 4.79 Å². The van der Waals surface area contributed by atoms with Gasteiger partial charge in [-0.05, 0) is 88.4 Å². The summed E-state index contributed by atoms with van der Waals surface area (Å²) in [7, 11) is 0. The third-order valence-corrected chi connectivity index (χ3v) is 5.04. The fourth-order valence-electron chi connectivity index (χ4n) is 3.10. The van der Waals surface area contributed by atoms with Gasteiger partial charge in [0.05, 0.1) is 16.8 Å². The minimum Gasteiger partial charge on any atom is -0.443 e. The van der Waals surface area contributed by atoms with Crippen LogP contribution in [0.25, 0.3) is 22.2 Å². The van der Waals surface area contributed by atoms with Gasteiger partial charge < -0.3 is 15.0 Å². The number of benzene rings is 1. The number of H-pyrrole nitrogens is 1. The summed E-state index contributed by atoms with van der Waals surface area (Å²) in [5, 5.41) is 3.74. The molecule has 7 heteroatoms. The molecule has 0 aliphatic carbocycles. The molecule has 1 aromatic carbocycles. The number of aromatic amines is 1. The lowest BCUT2D eigenvalue weighted by atomic mass is 9.98. The van der Waals surface area contributed by atoms with E-state index in [9.17, 15) is 9.59 Å². The first-order chi connectivity index (χ1) is 13.4. The first-order valence-corrected chi connectivity index (χ1v) is 10.5. The Morgan fingerprint density at radius 2 is 1.76 bits per heavy atom. The number of aromatic nitrogens is 2. The van der Waals surface area contributed by atoms with Gasteiger partial charge in [0.25, 0.3) is 5.91 Å². The van der Waals surface area contributed by atoms with E-state index in [2.05, 4.69) is 32.9 Å². The molecule has 0 radical (unpaired) electrons. The van der Waals surface area contributed by atoms with E-state index >= 15 is 0 Å². The van der Waals surface area contributed by atoms with Crippen LogP contribution in [0.3, 0.4) is 0 Å². The predicted octanol–water partition coefficient (Wildman–Crippen LogP) is 5.55. The van der Waals surface area contributed by atoms with E-state index in [0.717, 1.165) is 14.8 Å². The second-order valence-electron chi connectivity index (χ2n) is 8.99. The number of carbonyl (C=O) groups excluding carboxylic acids is 2. The Labute approximate surface area is 184 Å². The average Bonchev–Trinajstić information content (AvgIpc) is 3.16. The lowest BCUT2D eigenvalue weighted by Gasteiger charge is -2.22. The van der Waals surface area contributed by atoms with Crippen LogP contribution in [-0.4, -0.2) is 32.7 Å². The van der Waals surface area contributed by atoms with E-state index in [4.69, 9.17) is 4.74 Å². The van der Waals surface area contributed by atoms with Crippen molar-refractivity contribution in [3.63, 3.8) is 0 Å². The van der Waals surface area contributed by atoms with E-state index < -0.39 is 17.2 Å². The molecular formula is C22H26IN3O3. The summed E-state index contributed by atoms with van der Waals surface area (Å²) >= 11 is 2.24. The largest absolute Gasteiger partial charge is 0.443 e. The number of hydrogen-bond donors (Lipinski definition) is 2. The Morgan fingerprint density at radius 3 is 2.31 bits per heavy atom. The van der Waals surface area contributed by atoms with Gasteiger partial charge in [0.15, 0.2) is 0 Å². The highest BCUT2D eigenvalue weighted by Gasteiger charge is 2.25. The van der Waals surface area contributed by atoms with Crippen LogP contribution in [0.1, 0.15) is 51.9 Å². The number of hydrogen-bond acceptors (Lipinski definition) is 3. The van der Waals surface area contributed by atoms with Crippen molar-refractivity contribution < 1.29 is 14.3 Å². The molecule has 29 heavy (non-hydrogen) atoms. The van der Waals surface area contributed by atoms with Gasteiger partial charge in [-0.2, -0.15) is 0 Å². The van der Waals surface area contributed by atoms with Crippen molar-refractivity contribution in [2.24, 2.45) is 0 Å². The quantitative estimate of drug-likeness (QED) is 0.447. The maximum absolute atomic E-state index is 13.3. The highest BCUT2D eigenvalue weighted by atomic mass is 127. The van der Waals surface area contributed by atoms with Gasteiger partial charge in [-0.3, -0.25) is 9.36 Å². The number of nitrogens with one attached hydrogen (secondary N) is 2. The SMILES string of the molecule is CC(C)(C)NC(=O)c1c(-c2[nH]ccc2I)ccc2c1ccn2C(=O)OC(C)(C)C. The van der Waals surface area contributed by atoms with E-state index in [1.54, 1.807) is 12.3 Å². The molecule has 0 spiro atoms. The van der Waals surface area contributed by atoms with Gasteiger partial charge in [0.1, 0.15) is 5.60 Å². The zero-order valence-corrected chi connectivity index (χ0v) is 19.7. The van der Waals surface area contributed by atoms with E-state index in [0.29, 0.717) is 16.5 Å². The lowest BCUT2D eigenvalue weighted by Crippen LogP contribution is -2.40. The van der Waals surface area contributed by atoms with Crippen LogP contribution in [0.15, 0.2) is 36.7 Å². The number of ether oxygens (including phenoxy) is 1. The molecule has 0 unspecified atom stereocenters. The highest BCUT2D eigenvalue weighted by Crippen LogP contribution is 2.33. The van der Waals surface area contributed by atoms with Crippen LogP contribution in [0.5, 0.6) is 0 Å². The normalized spacial score (nSPS) is 12.2. The molecule has 2 heterocycles. The zero-order valence-electron chi connectivity index (χ0n) is 17.5. The number of nitrogens with zero attached hydrogens (tertiary/aromatic N) is 1. The Morgan fingerprint density at radius 1 is 1.07 bits per heavy atom. The van der Waals surface area contributed by atoms with Crippen molar-refractivity contribution in [3.8, 4) is 11.3 Å². The smallest absolute Gasteiger partial charge is 0.418 e. The second-order valence-corrected chi connectivity index (χ2v) is 10.2. The molecule has 0 saturated heterocycles. The number of amides is 1. The van der Waals surface area contributed by atoms with Gasteiger partial charge in [-0.15, -0.1) is 0 Å². The van der Waals surface area contributed by atoms with E-state index in [-0.39, 0.29) is 5.91 Å². The Bertz CT molecular complexity index is 1080. The monoisotopic (exact) mass is 507 g/mol. The molecule has 0 bridgehead atoms. The minimum atomic E-state index is -0.611. The molecule has 3 aromatic rings. The molecule has 0 fully saturated rings. The summed E-state index contributed by atoms with van der Waals surface area (Å²) in [6.07, 6.45) is 3.02. The minimum absolute atomic E-state index is 0.189. The first-order valence-electron chi connectivity index (χ1n) is 9.40. The lowest BCUT2D eigenvalue weighted by molar-refractivity contribution is 0.0544. The van der Waals surface area contributed by atoms with Crippen molar-refractivity contribution in [1.29, 1.82) is 0 Å². The number of fused-ring (bicyclic) bond motifs is 1. The summed E-state index contributed by atoms with van der Waals surface area (Å²) in [6, 6.07) is 7.46. The fraction of sp³-hybridized carbons (Fsp3) is 0.364. The molecule has 3 rings (SSSR count). The van der Waals surface area contributed by atoms with Gasteiger partial charge in [-0.1, -0.05) is 0 Å². The van der Waals surface area contributed by atoms with E-state index in [1.165, 1.54) is 4.57 Å². The first kappa shape index (κ1) is 21.4. The van der Waals surface area contributed by atoms with Crippen LogP contribution in [0.4, 0.5) is 4.79 Å². The second kappa shape index (κ2) is 7.51. The van der Waals surface area contributed by atoms with Crippen LogP contribution in [0.2, 0.25) is 0 Å². The molecule has 1 amide bonds. The summed E-state index contributed by atoms with van der Waals surface area (Å²) in [5.74, 6) is -0.189. The van der Waals surface area contributed by atoms with Crippen molar-refractivity contribution >= 4 is 45.5 Å². The number of halogens is 1. The van der Waals surface area contributed by atoms with Crippen molar-refractivity contribution in [1.82, 2.24) is 14.9 Å². The topological polar surface area (TPSA) is 76.1 Å². The van der Waals surface area contributed by atoms with Crippen LogP contribution in [-0.2, 0) is 4.74 Å². The number of rotatable bonds is 2. The summed E-state index contributed by atoms with van der Waals surface area (Å²) in [4.78, 5) is 29.1. The maximum atomic E-state index is 13.3. The van der Waals surface area contributed by atoms with Crippen molar-refractivity contribution in [3.05, 3.63) is 45.8 Å². The molecule has 0 aliphatic heterocycles. The van der Waals surface area contributed by atoms with Crippen LogP contribution < -0.4 is 5.32 Å². The molecule has 0 saturated carbocycles. The molecule has 2 N–H and O–H groups in total. The molecular weight excluding hydrogens is 481 g/mol. The standard InChI is InChI=1S/C22H26IN3O3/c1-21(2,3)25-19(27)17-13-10-12-26(20(28)29-22(4,5)6)16(13)8-7-14(17)18-15(23)9-11-24-18/h7-12,24H,1-6H3,(H,25,27).